The molecule has 2 aromatic heterocycles. The lowest BCUT2D eigenvalue weighted by Gasteiger charge is -2.31. The van der Waals surface area contributed by atoms with Gasteiger partial charge < -0.3 is 9.88 Å². The Morgan fingerprint density at radius 1 is 1.18 bits per heavy atom. The zero-order valence-corrected chi connectivity index (χ0v) is 17.0. The third-order valence-corrected chi connectivity index (χ3v) is 6.77. The number of nitrogens with zero attached hydrogens (tertiary/aromatic N) is 3. The van der Waals surface area contributed by atoms with Gasteiger partial charge in [-0.25, -0.2) is 4.98 Å². The van der Waals surface area contributed by atoms with Crippen molar-refractivity contribution in [3.05, 3.63) is 70.0 Å². The van der Waals surface area contributed by atoms with Crippen LogP contribution < -0.4 is 5.56 Å². The summed E-state index contributed by atoms with van der Waals surface area (Å²) in [7, 11) is 0. The van der Waals surface area contributed by atoms with Crippen molar-refractivity contribution in [1.29, 1.82) is 0 Å². The van der Waals surface area contributed by atoms with Crippen LogP contribution in [0.5, 0.6) is 0 Å². The van der Waals surface area contributed by atoms with E-state index in [1.54, 1.807) is 0 Å². The molecule has 0 amide bonds. The number of para-hydroxylation sites is 1. The fourth-order valence-corrected chi connectivity index (χ4v) is 4.81. The molecule has 3 heterocycles. The first-order chi connectivity index (χ1) is 13.7. The standard InChI is InChI=1S/C22H26N4OS/c1-16-5-4-7-19-21(16)24-20(25-22(19)27)15-28-18-9-13-26(14-10-18)12-8-17-6-2-3-11-23-17/h2-7,11,18H,8-10,12-15H2,1H3,(H,24,25,27). The summed E-state index contributed by atoms with van der Waals surface area (Å²) in [5.41, 5.74) is 3.01. The van der Waals surface area contributed by atoms with Gasteiger partial charge in [-0.2, -0.15) is 11.8 Å². The fourth-order valence-electron chi connectivity index (χ4n) is 3.74. The number of hydrogen-bond donors (Lipinski definition) is 1. The number of pyridine rings is 1. The van der Waals surface area contributed by atoms with E-state index >= 15 is 0 Å². The summed E-state index contributed by atoms with van der Waals surface area (Å²) in [5, 5.41) is 1.30. The summed E-state index contributed by atoms with van der Waals surface area (Å²) >= 11 is 1.92. The van der Waals surface area contributed by atoms with Gasteiger partial charge in [0.15, 0.2) is 0 Å². The molecule has 5 nitrogen and oxygen atoms in total. The van der Waals surface area contributed by atoms with Gasteiger partial charge in [0.1, 0.15) is 5.82 Å². The number of nitrogens with one attached hydrogen (secondary N) is 1. The summed E-state index contributed by atoms with van der Waals surface area (Å²) in [6.45, 7) is 5.34. The van der Waals surface area contributed by atoms with E-state index in [1.807, 2.05) is 49.1 Å². The molecule has 1 aliphatic rings. The number of aryl methyl sites for hydroxylation is 1. The molecule has 1 fully saturated rings. The molecule has 1 N–H and O–H groups in total. The van der Waals surface area contributed by atoms with Crippen LogP contribution in [0, 0.1) is 6.92 Å². The quantitative estimate of drug-likeness (QED) is 0.693. The average Bonchev–Trinajstić information content (AvgIpc) is 2.73. The minimum absolute atomic E-state index is 0.0337. The number of rotatable bonds is 6. The Morgan fingerprint density at radius 2 is 2.04 bits per heavy atom. The number of benzene rings is 1. The van der Waals surface area contributed by atoms with E-state index in [2.05, 4.69) is 27.0 Å². The first-order valence-electron chi connectivity index (χ1n) is 9.91. The second-order valence-electron chi connectivity index (χ2n) is 7.41. The van der Waals surface area contributed by atoms with E-state index in [9.17, 15) is 4.79 Å². The van der Waals surface area contributed by atoms with Gasteiger partial charge in [0.05, 0.1) is 16.7 Å². The van der Waals surface area contributed by atoms with Crippen LogP contribution in [0.15, 0.2) is 47.4 Å². The van der Waals surface area contributed by atoms with Crippen molar-refractivity contribution in [1.82, 2.24) is 19.9 Å². The number of piperidine rings is 1. The Kier molecular flexibility index (Phi) is 6.07. The van der Waals surface area contributed by atoms with Crippen LogP contribution in [0.3, 0.4) is 0 Å². The average molecular weight is 395 g/mol. The van der Waals surface area contributed by atoms with Crippen LogP contribution in [0.1, 0.15) is 29.9 Å². The molecule has 1 saturated heterocycles. The Bertz CT molecular complexity index is 981. The molecular formula is C22H26N4OS. The Balaban J connectivity index is 1.28. The lowest BCUT2D eigenvalue weighted by atomic mass is 10.1. The third kappa shape index (κ3) is 4.62. The minimum Gasteiger partial charge on any atom is -0.309 e. The Morgan fingerprint density at radius 3 is 2.82 bits per heavy atom. The molecular weight excluding hydrogens is 368 g/mol. The van der Waals surface area contributed by atoms with Gasteiger partial charge in [0.2, 0.25) is 0 Å². The zero-order valence-electron chi connectivity index (χ0n) is 16.2. The van der Waals surface area contributed by atoms with Gasteiger partial charge in [-0.05, 0) is 56.6 Å². The van der Waals surface area contributed by atoms with Crippen LogP contribution in [-0.4, -0.2) is 44.7 Å². The molecule has 1 aliphatic heterocycles. The maximum Gasteiger partial charge on any atom is 0.258 e. The second kappa shape index (κ2) is 8.88. The first kappa shape index (κ1) is 19.2. The zero-order chi connectivity index (χ0) is 19.3. The van der Waals surface area contributed by atoms with E-state index < -0.39 is 0 Å². The molecule has 3 aromatic rings. The van der Waals surface area contributed by atoms with Crippen molar-refractivity contribution in [3.8, 4) is 0 Å². The normalized spacial score (nSPS) is 15.9. The summed E-state index contributed by atoms with van der Waals surface area (Å²) < 4.78 is 0. The molecule has 0 unspecified atom stereocenters. The van der Waals surface area contributed by atoms with Crippen LogP contribution in [0.4, 0.5) is 0 Å². The lowest BCUT2D eigenvalue weighted by Crippen LogP contribution is -2.36. The van der Waals surface area contributed by atoms with Crippen molar-refractivity contribution < 1.29 is 0 Å². The SMILES string of the molecule is Cc1cccc2c(=O)[nH]c(CSC3CCN(CCc4ccccn4)CC3)nc12. The molecule has 28 heavy (non-hydrogen) atoms. The molecule has 0 radical (unpaired) electrons. The van der Waals surface area contributed by atoms with E-state index in [0.717, 1.165) is 48.7 Å². The number of aromatic nitrogens is 3. The molecule has 6 heteroatoms. The largest absolute Gasteiger partial charge is 0.309 e. The molecule has 0 bridgehead atoms. The maximum absolute atomic E-state index is 12.3. The highest BCUT2D eigenvalue weighted by atomic mass is 32.2. The topological polar surface area (TPSA) is 61.9 Å². The molecule has 1 aromatic carbocycles. The third-order valence-electron chi connectivity index (χ3n) is 5.39. The van der Waals surface area contributed by atoms with Gasteiger partial charge in [-0.15, -0.1) is 0 Å². The maximum atomic E-state index is 12.3. The molecule has 0 saturated carbocycles. The van der Waals surface area contributed by atoms with Crippen molar-refractivity contribution in [3.63, 3.8) is 0 Å². The molecule has 4 rings (SSSR count). The van der Waals surface area contributed by atoms with Crippen molar-refractivity contribution in [2.45, 2.75) is 37.2 Å². The Hall–Kier alpha value is -2.18. The number of thioether (sulfide) groups is 1. The number of aromatic amines is 1. The predicted molar refractivity (Wildman–Crippen MR) is 116 cm³/mol. The highest BCUT2D eigenvalue weighted by Crippen LogP contribution is 2.26. The van der Waals surface area contributed by atoms with E-state index in [0.29, 0.717) is 10.6 Å². The second-order valence-corrected chi connectivity index (χ2v) is 8.70. The first-order valence-corrected chi connectivity index (χ1v) is 11.0. The smallest absolute Gasteiger partial charge is 0.258 e. The number of H-pyrrole nitrogens is 1. The van der Waals surface area contributed by atoms with E-state index in [-0.39, 0.29) is 5.56 Å². The van der Waals surface area contributed by atoms with Gasteiger partial charge in [0.25, 0.3) is 5.56 Å². The highest BCUT2D eigenvalue weighted by Gasteiger charge is 2.20. The fraction of sp³-hybridized carbons (Fsp3) is 0.409. The van der Waals surface area contributed by atoms with Crippen LogP contribution in [0.2, 0.25) is 0 Å². The Labute approximate surface area is 169 Å². The van der Waals surface area contributed by atoms with Gasteiger partial charge >= 0.3 is 0 Å². The monoisotopic (exact) mass is 394 g/mol. The summed E-state index contributed by atoms with van der Waals surface area (Å²) in [4.78, 5) is 26.9. The predicted octanol–water partition coefficient (Wildman–Crippen LogP) is 3.57. The van der Waals surface area contributed by atoms with Gasteiger partial charge in [-0.1, -0.05) is 18.2 Å². The number of fused-ring (bicyclic) bond motifs is 1. The van der Waals surface area contributed by atoms with E-state index in [1.165, 1.54) is 18.5 Å². The van der Waals surface area contributed by atoms with Crippen LogP contribution in [-0.2, 0) is 12.2 Å². The van der Waals surface area contributed by atoms with Crippen molar-refractivity contribution in [2.75, 3.05) is 19.6 Å². The minimum atomic E-state index is -0.0337. The molecule has 146 valence electrons. The summed E-state index contributed by atoms with van der Waals surface area (Å²) in [5.74, 6) is 1.55. The summed E-state index contributed by atoms with van der Waals surface area (Å²) in [6, 6.07) is 11.9. The molecule has 0 atom stereocenters. The lowest BCUT2D eigenvalue weighted by molar-refractivity contribution is 0.235. The number of likely N-dealkylation sites (tertiary alicyclic amines) is 1. The van der Waals surface area contributed by atoms with E-state index in [4.69, 9.17) is 4.98 Å². The van der Waals surface area contributed by atoms with Crippen molar-refractivity contribution >= 4 is 22.7 Å². The highest BCUT2D eigenvalue weighted by molar-refractivity contribution is 7.99. The van der Waals surface area contributed by atoms with Crippen LogP contribution >= 0.6 is 11.8 Å². The van der Waals surface area contributed by atoms with Gasteiger partial charge in [0, 0.05) is 30.1 Å². The molecule has 0 spiro atoms. The summed E-state index contributed by atoms with van der Waals surface area (Å²) in [6.07, 6.45) is 5.25. The molecule has 0 aliphatic carbocycles. The van der Waals surface area contributed by atoms with Crippen LogP contribution in [0.25, 0.3) is 10.9 Å². The van der Waals surface area contributed by atoms with Gasteiger partial charge in [-0.3, -0.25) is 9.78 Å². The number of hydrogen-bond acceptors (Lipinski definition) is 5. The van der Waals surface area contributed by atoms with Crippen molar-refractivity contribution in [2.24, 2.45) is 0 Å².